The molecule has 23 heavy (non-hydrogen) atoms. The number of hydrogen-bond donors (Lipinski definition) is 1. The number of alkyl halides is 1. The number of hydrazone groups is 1. The molecule has 0 aromatic heterocycles. The number of halogens is 2. The minimum Gasteiger partial charge on any atom is -0.466 e. The second-order valence-electron chi connectivity index (χ2n) is 4.57. The molecule has 122 valence electrons. The van der Waals surface area contributed by atoms with Crippen LogP contribution in [-0.4, -0.2) is 37.2 Å². The second-order valence-corrected chi connectivity index (χ2v) is 5.54. The monoisotopic (exact) mass is 400 g/mol. The van der Waals surface area contributed by atoms with E-state index < -0.39 is 17.9 Å². The number of carbonyl (C=O) groups is 2. The van der Waals surface area contributed by atoms with Crippen molar-refractivity contribution < 1.29 is 19.1 Å². The van der Waals surface area contributed by atoms with E-state index in [1.165, 1.54) is 14.2 Å². The molecule has 1 aliphatic rings. The van der Waals surface area contributed by atoms with Crippen molar-refractivity contribution >= 4 is 45.2 Å². The molecular formula is C15H14BrClN2O4. The minimum absolute atomic E-state index is 0.0331. The Labute approximate surface area is 146 Å². The van der Waals surface area contributed by atoms with Gasteiger partial charge in [-0.15, -0.1) is 0 Å². The lowest BCUT2D eigenvalue weighted by Crippen LogP contribution is -2.36. The Bertz CT molecular complexity index is 702. The summed E-state index contributed by atoms with van der Waals surface area (Å²) in [4.78, 5) is 24.4. The van der Waals surface area contributed by atoms with Crippen molar-refractivity contribution in [1.29, 1.82) is 0 Å². The third-order valence-electron chi connectivity index (χ3n) is 3.35. The molecule has 1 aromatic rings. The highest BCUT2D eigenvalue weighted by Gasteiger charge is 2.38. The molecule has 0 fully saturated rings. The topological polar surface area (TPSA) is 77.0 Å². The first-order chi connectivity index (χ1) is 11.0. The van der Waals surface area contributed by atoms with Gasteiger partial charge >= 0.3 is 11.9 Å². The molecule has 0 spiro atoms. The Morgan fingerprint density at radius 1 is 1.26 bits per heavy atom. The predicted octanol–water partition coefficient (Wildman–Crippen LogP) is 2.38. The molecular weight excluding hydrogens is 388 g/mol. The Morgan fingerprint density at radius 3 is 2.48 bits per heavy atom. The summed E-state index contributed by atoms with van der Waals surface area (Å²) in [5.41, 5.74) is 4.05. The number of nitrogens with one attached hydrogen (secondary N) is 1. The van der Waals surface area contributed by atoms with E-state index in [0.29, 0.717) is 21.6 Å². The summed E-state index contributed by atoms with van der Waals surface area (Å²) in [6.07, 6.45) is 0. The summed E-state index contributed by atoms with van der Waals surface area (Å²) in [7, 11) is 2.52. The highest BCUT2D eigenvalue weighted by atomic mass is 79.9. The van der Waals surface area contributed by atoms with Crippen LogP contribution in [0.2, 0.25) is 5.02 Å². The summed E-state index contributed by atoms with van der Waals surface area (Å²) >= 11 is 9.56. The van der Waals surface area contributed by atoms with Gasteiger partial charge < -0.3 is 9.47 Å². The maximum atomic E-state index is 12.3. The van der Waals surface area contributed by atoms with Crippen LogP contribution in [0.5, 0.6) is 0 Å². The Kier molecular flexibility index (Phi) is 5.79. The smallest absolute Gasteiger partial charge is 0.355 e. The van der Waals surface area contributed by atoms with E-state index in [9.17, 15) is 9.59 Å². The van der Waals surface area contributed by atoms with Crippen LogP contribution >= 0.6 is 27.5 Å². The van der Waals surface area contributed by atoms with Crippen molar-refractivity contribution in [2.45, 2.75) is 5.92 Å². The Balaban J connectivity index is 2.67. The van der Waals surface area contributed by atoms with Gasteiger partial charge in [0.1, 0.15) is 0 Å². The maximum absolute atomic E-state index is 12.3. The fourth-order valence-corrected chi connectivity index (χ4v) is 2.97. The van der Waals surface area contributed by atoms with Crippen molar-refractivity contribution in [3.8, 4) is 0 Å². The van der Waals surface area contributed by atoms with Crippen molar-refractivity contribution in [3.63, 3.8) is 0 Å². The Morgan fingerprint density at radius 2 is 1.91 bits per heavy atom. The van der Waals surface area contributed by atoms with Crippen LogP contribution < -0.4 is 5.43 Å². The van der Waals surface area contributed by atoms with E-state index in [0.717, 1.165) is 0 Å². The van der Waals surface area contributed by atoms with Gasteiger partial charge in [-0.05, 0) is 11.6 Å². The van der Waals surface area contributed by atoms with E-state index in [-0.39, 0.29) is 11.3 Å². The molecule has 1 aromatic carbocycles. The molecule has 1 atom stereocenters. The first-order valence-corrected chi connectivity index (χ1v) is 8.08. The molecule has 0 radical (unpaired) electrons. The fourth-order valence-electron chi connectivity index (χ4n) is 2.30. The molecule has 8 heteroatoms. The molecule has 1 heterocycles. The highest BCUT2D eigenvalue weighted by Crippen LogP contribution is 2.36. The van der Waals surface area contributed by atoms with Gasteiger partial charge in [0.25, 0.3) is 0 Å². The summed E-state index contributed by atoms with van der Waals surface area (Å²) < 4.78 is 9.64. The summed E-state index contributed by atoms with van der Waals surface area (Å²) in [6.45, 7) is 0. The van der Waals surface area contributed by atoms with Gasteiger partial charge in [-0.2, -0.15) is 5.10 Å². The van der Waals surface area contributed by atoms with E-state index in [4.69, 9.17) is 21.1 Å². The normalized spacial score (nSPS) is 17.2. The molecule has 1 N–H and O–H groups in total. The van der Waals surface area contributed by atoms with Crippen molar-refractivity contribution in [3.05, 3.63) is 46.1 Å². The van der Waals surface area contributed by atoms with E-state index in [1.54, 1.807) is 24.3 Å². The minimum atomic E-state index is -0.780. The number of methoxy groups -OCH3 is 2. The van der Waals surface area contributed by atoms with E-state index in [1.807, 2.05) is 0 Å². The summed E-state index contributed by atoms with van der Waals surface area (Å²) in [6, 6.07) is 6.93. The van der Waals surface area contributed by atoms with Crippen LogP contribution in [0.4, 0.5) is 0 Å². The number of rotatable bonds is 4. The molecule has 1 aliphatic heterocycles. The number of nitrogens with zero attached hydrogens (tertiary/aromatic N) is 1. The van der Waals surface area contributed by atoms with E-state index in [2.05, 4.69) is 26.5 Å². The number of allylic oxidation sites excluding steroid dienone is 1. The maximum Gasteiger partial charge on any atom is 0.355 e. The molecule has 2 rings (SSSR count). The molecule has 0 bridgehead atoms. The average Bonchev–Trinajstić information content (AvgIpc) is 2.59. The fraction of sp³-hybridized carbons (Fsp3) is 0.267. The van der Waals surface area contributed by atoms with Crippen LogP contribution in [0.3, 0.4) is 0 Å². The summed E-state index contributed by atoms with van der Waals surface area (Å²) in [5.74, 6) is -2.01. The van der Waals surface area contributed by atoms with Crippen molar-refractivity contribution in [2.24, 2.45) is 5.10 Å². The van der Waals surface area contributed by atoms with Crippen LogP contribution in [0.1, 0.15) is 11.5 Å². The van der Waals surface area contributed by atoms with Crippen molar-refractivity contribution in [2.75, 3.05) is 19.5 Å². The largest absolute Gasteiger partial charge is 0.466 e. The van der Waals surface area contributed by atoms with Gasteiger partial charge in [0.05, 0.1) is 31.4 Å². The van der Waals surface area contributed by atoms with Crippen LogP contribution in [0.25, 0.3) is 0 Å². The molecule has 0 saturated heterocycles. The van der Waals surface area contributed by atoms with Gasteiger partial charge in [0.15, 0.2) is 5.71 Å². The highest BCUT2D eigenvalue weighted by molar-refractivity contribution is 9.09. The first-order valence-electron chi connectivity index (χ1n) is 6.58. The van der Waals surface area contributed by atoms with Gasteiger partial charge in [-0.3, -0.25) is 5.43 Å². The number of carbonyl (C=O) groups excluding carboxylic acids is 2. The zero-order valence-corrected chi connectivity index (χ0v) is 14.8. The lowest BCUT2D eigenvalue weighted by molar-refractivity contribution is -0.136. The lowest BCUT2D eigenvalue weighted by atomic mass is 9.84. The third kappa shape index (κ3) is 3.40. The second kappa shape index (κ2) is 7.61. The zero-order chi connectivity index (χ0) is 17.0. The van der Waals surface area contributed by atoms with Crippen molar-refractivity contribution in [1.82, 2.24) is 5.43 Å². The standard InChI is InChI=1S/C15H14BrClN2O4/c1-22-14(20)12-10(7-16)18-19-13(15(21)23-2)11(12)8-5-3-4-6-9(8)17/h3-6,11,18H,7H2,1-2H3. The lowest BCUT2D eigenvalue weighted by Gasteiger charge is -2.27. The quantitative estimate of drug-likeness (QED) is 0.619. The zero-order valence-electron chi connectivity index (χ0n) is 12.4. The Hall–Kier alpha value is -1.86. The van der Waals surface area contributed by atoms with Crippen LogP contribution in [0, 0.1) is 0 Å². The number of hydrogen-bond acceptors (Lipinski definition) is 6. The SMILES string of the molecule is COC(=O)C1=NNC(CBr)=C(C(=O)OC)C1c1ccccc1Cl. The van der Waals surface area contributed by atoms with Gasteiger partial charge in [0, 0.05) is 10.4 Å². The molecule has 6 nitrogen and oxygen atoms in total. The van der Waals surface area contributed by atoms with Crippen LogP contribution in [-0.2, 0) is 19.1 Å². The number of benzene rings is 1. The number of esters is 2. The molecule has 0 saturated carbocycles. The molecule has 1 unspecified atom stereocenters. The van der Waals surface area contributed by atoms with Gasteiger partial charge in [0.2, 0.25) is 0 Å². The third-order valence-corrected chi connectivity index (χ3v) is 4.25. The van der Waals surface area contributed by atoms with Gasteiger partial charge in [-0.1, -0.05) is 45.7 Å². The van der Waals surface area contributed by atoms with Crippen LogP contribution in [0.15, 0.2) is 40.6 Å². The first kappa shape index (κ1) is 17.5. The summed E-state index contributed by atoms with van der Waals surface area (Å²) in [5, 5.41) is 4.79. The predicted molar refractivity (Wildman–Crippen MR) is 89.6 cm³/mol. The molecule has 0 aliphatic carbocycles. The number of ether oxygens (including phenoxy) is 2. The van der Waals surface area contributed by atoms with E-state index >= 15 is 0 Å². The van der Waals surface area contributed by atoms with Gasteiger partial charge in [-0.25, -0.2) is 9.59 Å². The average molecular weight is 402 g/mol. The molecule has 0 amide bonds.